The number of Topliss-reactive ketones (excluding diaryl/α,β-unsaturated/α-hetero) is 1. The van der Waals surface area contributed by atoms with E-state index in [4.69, 9.17) is 16.7 Å². The topological polar surface area (TPSA) is 72.2 Å². The highest BCUT2D eigenvalue weighted by Crippen LogP contribution is 2.32. The van der Waals surface area contributed by atoms with E-state index >= 15 is 0 Å². The van der Waals surface area contributed by atoms with Crippen LogP contribution in [0.15, 0.2) is 24.3 Å². The number of carbonyl (C=O) groups excluding carboxylic acids is 1. The van der Waals surface area contributed by atoms with E-state index in [1.54, 1.807) is 16.8 Å². The summed E-state index contributed by atoms with van der Waals surface area (Å²) in [6, 6.07) is 7.17. The third-order valence-electron chi connectivity index (χ3n) is 3.81. The molecule has 2 aromatic rings. The third kappa shape index (κ3) is 2.76. The molecule has 1 aliphatic rings. The van der Waals surface area contributed by atoms with Gasteiger partial charge in [0.2, 0.25) is 0 Å². The second kappa shape index (κ2) is 5.93. The molecule has 1 heterocycles. The number of ketones is 1. The lowest BCUT2D eigenvalue weighted by Crippen LogP contribution is -2.15. The molecule has 1 aromatic heterocycles. The summed E-state index contributed by atoms with van der Waals surface area (Å²) in [6.45, 7) is 0.276. The number of carbonyl (C=O) groups is 2. The van der Waals surface area contributed by atoms with Crippen molar-refractivity contribution in [3.63, 3.8) is 0 Å². The fourth-order valence-electron chi connectivity index (χ4n) is 2.78. The number of benzene rings is 1. The number of carboxylic acids is 1. The number of nitrogens with zero attached hydrogens (tertiary/aromatic N) is 2. The fraction of sp³-hybridized carbons (Fsp3) is 0.312. The van der Waals surface area contributed by atoms with Crippen LogP contribution in [0.3, 0.4) is 0 Å². The molecule has 0 saturated heterocycles. The lowest BCUT2D eigenvalue weighted by atomic mass is 9.92. The molecule has 3 rings (SSSR count). The maximum absolute atomic E-state index is 12.3. The van der Waals surface area contributed by atoms with Crippen LogP contribution in [0.5, 0.6) is 0 Å². The minimum atomic E-state index is -0.876. The molecular weight excluding hydrogens is 304 g/mol. The van der Waals surface area contributed by atoms with Gasteiger partial charge in [-0.25, -0.2) is 0 Å². The molecule has 0 aliphatic heterocycles. The highest BCUT2D eigenvalue weighted by Gasteiger charge is 2.27. The van der Waals surface area contributed by atoms with E-state index in [1.807, 2.05) is 12.1 Å². The van der Waals surface area contributed by atoms with Crippen LogP contribution in [0.2, 0.25) is 5.02 Å². The second-order valence-electron chi connectivity index (χ2n) is 5.32. The molecule has 1 aliphatic carbocycles. The maximum atomic E-state index is 12.3. The average Bonchev–Trinajstić information content (AvgIpc) is 2.86. The van der Waals surface area contributed by atoms with Gasteiger partial charge in [0.15, 0.2) is 5.78 Å². The van der Waals surface area contributed by atoms with E-state index in [-0.39, 0.29) is 18.7 Å². The minimum absolute atomic E-state index is 0.0115. The summed E-state index contributed by atoms with van der Waals surface area (Å²) in [5.41, 5.74) is 2.94. The first-order chi connectivity index (χ1) is 10.6. The molecule has 1 aromatic carbocycles. The highest BCUT2D eigenvalue weighted by molar-refractivity contribution is 6.30. The number of rotatable bonds is 4. The predicted molar refractivity (Wildman–Crippen MR) is 82.2 cm³/mol. The Morgan fingerprint density at radius 2 is 2.00 bits per heavy atom. The normalized spacial score (nSPS) is 14.0. The summed E-state index contributed by atoms with van der Waals surface area (Å²) in [5.74, 6) is -0.799. The van der Waals surface area contributed by atoms with Gasteiger partial charge in [-0.1, -0.05) is 23.7 Å². The summed E-state index contributed by atoms with van der Waals surface area (Å²) in [7, 11) is 0. The Bertz CT molecular complexity index is 735. The Morgan fingerprint density at radius 3 is 2.68 bits per heavy atom. The van der Waals surface area contributed by atoms with E-state index in [0.717, 1.165) is 24.1 Å². The molecule has 0 saturated carbocycles. The molecule has 0 fully saturated rings. The standard InChI is InChI=1S/C16H15ClN2O3/c17-11-6-4-10(5-7-11)16-15-12(2-1-3-13(15)20)19(18-16)9-8-14(21)22/h4-7H,1-3,8-9H2,(H,21,22). The minimum Gasteiger partial charge on any atom is -0.481 e. The molecule has 0 spiro atoms. The lowest BCUT2D eigenvalue weighted by molar-refractivity contribution is -0.137. The molecular formula is C16H15ClN2O3. The predicted octanol–water partition coefficient (Wildman–Crippen LogP) is 3.20. The van der Waals surface area contributed by atoms with Crippen LogP contribution in [0.25, 0.3) is 11.3 Å². The fourth-order valence-corrected chi connectivity index (χ4v) is 2.91. The molecule has 0 unspecified atom stereocenters. The van der Waals surface area contributed by atoms with Crippen LogP contribution >= 0.6 is 11.6 Å². The van der Waals surface area contributed by atoms with E-state index in [9.17, 15) is 9.59 Å². The number of hydrogen-bond acceptors (Lipinski definition) is 3. The zero-order valence-electron chi connectivity index (χ0n) is 11.9. The van der Waals surface area contributed by atoms with Gasteiger partial charge in [-0.05, 0) is 25.0 Å². The van der Waals surface area contributed by atoms with Gasteiger partial charge in [-0.3, -0.25) is 14.3 Å². The number of aliphatic carboxylic acids is 1. The van der Waals surface area contributed by atoms with Crippen molar-refractivity contribution in [3.05, 3.63) is 40.5 Å². The molecule has 114 valence electrons. The second-order valence-corrected chi connectivity index (χ2v) is 5.76. The first-order valence-electron chi connectivity index (χ1n) is 7.17. The van der Waals surface area contributed by atoms with E-state index in [2.05, 4.69) is 5.10 Å². The molecule has 1 N–H and O–H groups in total. The summed E-state index contributed by atoms with van der Waals surface area (Å²) < 4.78 is 1.67. The first-order valence-corrected chi connectivity index (χ1v) is 7.54. The van der Waals surface area contributed by atoms with Crippen LogP contribution in [-0.2, 0) is 17.8 Å². The Hall–Kier alpha value is -2.14. The van der Waals surface area contributed by atoms with Gasteiger partial charge in [0.05, 0.1) is 18.5 Å². The quantitative estimate of drug-likeness (QED) is 0.939. The van der Waals surface area contributed by atoms with Gasteiger partial charge in [-0.15, -0.1) is 0 Å². The van der Waals surface area contributed by atoms with Crippen molar-refractivity contribution in [2.24, 2.45) is 0 Å². The molecule has 0 atom stereocenters. The van der Waals surface area contributed by atoms with Crippen LogP contribution < -0.4 is 0 Å². The number of carboxylic acid groups (broad SMARTS) is 1. The largest absolute Gasteiger partial charge is 0.481 e. The number of fused-ring (bicyclic) bond motifs is 1. The van der Waals surface area contributed by atoms with Crippen molar-refractivity contribution >= 4 is 23.4 Å². The van der Waals surface area contributed by atoms with Crippen molar-refractivity contribution < 1.29 is 14.7 Å². The molecule has 6 heteroatoms. The number of aromatic nitrogens is 2. The summed E-state index contributed by atoms with van der Waals surface area (Å²) in [6.07, 6.45) is 2.03. The molecule has 22 heavy (non-hydrogen) atoms. The van der Waals surface area contributed by atoms with Crippen molar-refractivity contribution in [2.75, 3.05) is 0 Å². The van der Waals surface area contributed by atoms with Gasteiger partial charge >= 0.3 is 5.97 Å². The summed E-state index contributed by atoms with van der Waals surface area (Å²) in [5, 5.41) is 14.0. The molecule has 0 radical (unpaired) electrons. The van der Waals surface area contributed by atoms with Crippen LogP contribution in [0.4, 0.5) is 0 Å². The Labute approximate surface area is 132 Å². The first kappa shape index (κ1) is 14.8. The Morgan fingerprint density at radius 1 is 1.27 bits per heavy atom. The smallest absolute Gasteiger partial charge is 0.305 e. The van der Waals surface area contributed by atoms with Crippen molar-refractivity contribution in [3.8, 4) is 11.3 Å². The van der Waals surface area contributed by atoms with E-state index in [0.29, 0.717) is 22.7 Å². The summed E-state index contributed by atoms with van der Waals surface area (Å²) >= 11 is 5.90. The monoisotopic (exact) mass is 318 g/mol. The van der Waals surface area contributed by atoms with Gasteiger partial charge in [0, 0.05) is 22.7 Å². The number of hydrogen-bond donors (Lipinski definition) is 1. The van der Waals surface area contributed by atoms with Crippen LogP contribution in [0.1, 0.15) is 35.3 Å². The maximum Gasteiger partial charge on any atom is 0.305 e. The van der Waals surface area contributed by atoms with Crippen molar-refractivity contribution in [1.82, 2.24) is 9.78 Å². The summed E-state index contributed by atoms with van der Waals surface area (Å²) in [4.78, 5) is 23.1. The van der Waals surface area contributed by atoms with Crippen molar-refractivity contribution in [1.29, 1.82) is 0 Å². The number of aryl methyl sites for hydroxylation is 1. The van der Waals surface area contributed by atoms with Gasteiger partial charge in [-0.2, -0.15) is 5.10 Å². The number of halogens is 1. The highest BCUT2D eigenvalue weighted by atomic mass is 35.5. The zero-order chi connectivity index (χ0) is 15.7. The van der Waals surface area contributed by atoms with Gasteiger partial charge in [0.25, 0.3) is 0 Å². The van der Waals surface area contributed by atoms with E-state index < -0.39 is 5.97 Å². The molecule has 0 bridgehead atoms. The molecule has 5 nitrogen and oxygen atoms in total. The van der Waals surface area contributed by atoms with E-state index in [1.165, 1.54) is 0 Å². The van der Waals surface area contributed by atoms with Crippen LogP contribution in [-0.4, -0.2) is 26.6 Å². The van der Waals surface area contributed by atoms with Gasteiger partial charge < -0.3 is 5.11 Å². The SMILES string of the molecule is O=C(O)CCn1nc(-c2ccc(Cl)cc2)c2c1CCCC2=O. The van der Waals surface area contributed by atoms with Gasteiger partial charge in [0.1, 0.15) is 5.69 Å². The van der Waals surface area contributed by atoms with Crippen LogP contribution in [0, 0.1) is 0 Å². The lowest BCUT2D eigenvalue weighted by Gasteiger charge is -2.13. The Balaban J connectivity index is 2.07. The Kier molecular flexibility index (Phi) is 3.98. The van der Waals surface area contributed by atoms with Crippen molar-refractivity contribution in [2.45, 2.75) is 32.2 Å². The molecule has 0 amide bonds. The zero-order valence-corrected chi connectivity index (χ0v) is 12.6. The average molecular weight is 319 g/mol. The third-order valence-corrected chi connectivity index (χ3v) is 4.06.